The highest BCUT2D eigenvalue weighted by Gasteiger charge is 2.37. The molecule has 2 heterocycles. The number of aromatic nitrogens is 3. The molecule has 2 aromatic heterocycles. The second-order valence-electron chi connectivity index (χ2n) is 4.26. The van der Waals surface area contributed by atoms with Crippen molar-refractivity contribution in [2.75, 3.05) is 0 Å². The fourth-order valence-electron chi connectivity index (χ4n) is 1.48. The maximum absolute atomic E-state index is 12.7. The highest BCUT2D eigenvalue weighted by atomic mass is 35.5. The summed E-state index contributed by atoms with van der Waals surface area (Å²) in [7, 11) is 0. The van der Waals surface area contributed by atoms with Crippen LogP contribution in [0.4, 0.5) is 13.2 Å². The molecule has 0 N–H and O–H groups in total. The molecule has 1 aliphatic rings. The fraction of sp³-hybridized carbons (Fsp3) is 0.500. The predicted molar refractivity (Wildman–Crippen MR) is 66.2 cm³/mol. The number of aryl methyl sites for hydroxylation is 1. The Kier molecular flexibility index (Phi) is 3.99. The van der Waals surface area contributed by atoms with Gasteiger partial charge in [-0.3, -0.25) is 4.40 Å². The molecule has 0 aromatic carbocycles. The Morgan fingerprint density at radius 1 is 1.26 bits per heavy atom. The zero-order valence-corrected chi connectivity index (χ0v) is 11.1. The van der Waals surface area contributed by atoms with Gasteiger partial charge in [0.1, 0.15) is 11.4 Å². The Hall–Kier alpha value is -1.30. The summed E-state index contributed by atoms with van der Waals surface area (Å²) in [5, 5.41) is 6.84. The van der Waals surface area contributed by atoms with Gasteiger partial charge in [-0.05, 0) is 6.07 Å². The summed E-state index contributed by atoms with van der Waals surface area (Å²) in [4.78, 5) is 0. The number of hydrogen-bond acceptors (Lipinski definition) is 2. The van der Waals surface area contributed by atoms with E-state index in [1.165, 1.54) is 35.9 Å². The summed E-state index contributed by atoms with van der Waals surface area (Å²) in [5.41, 5.74) is -1.19. The molecule has 0 saturated heterocycles. The van der Waals surface area contributed by atoms with Gasteiger partial charge in [-0.1, -0.05) is 37.8 Å². The number of hydrogen-bond donors (Lipinski definition) is 0. The second kappa shape index (κ2) is 5.36. The zero-order chi connectivity index (χ0) is 14.0. The minimum atomic E-state index is -4.53. The van der Waals surface area contributed by atoms with Crippen LogP contribution in [0, 0.1) is 0 Å². The van der Waals surface area contributed by atoms with Gasteiger partial charge in [0.15, 0.2) is 5.65 Å². The van der Waals surface area contributed by atoms with Gasteiger partial charge in [0, 0.05) is 12.6 Å². The van der Waals surface area contributed by atoms with Crippen molar-refractivity contribution < 1.29 is 13.2 Å². The van der Waals surface area contributed by atoms with Crippen molar-refractivity contribution in [3.63, 3.8) is 0 Å². The molecular formula is C12H13ClF3N3. The van der Waals surface area contributed by atoms with Gasteiger partial charge in [-0.15, -0.1) is 10.2 Å². The van der Waals surface area contributed by atoms with Crippen molar-refractivity contribution in [3.8, 4) is 0 Å². The minimum absolute atomic E-state index is 0.253. The number of rotatable bonds is 1. The average molecular weight is 292 g/mol. The van der Waals surface area contributed by atoms with E-state index in [9.17, 15) is 13.2 Å². The first-order valence-electron chi connectivity index (χ1n) is 6.04. The topological polar surface area (TPSA) is 30.2 Å². The second-order valence-corrected chi connectivity index (χ2v) is 4.67. The van der Waals surface area contributed by atoms with Gasteiger partial charge in [-0.25, -0.2) is 0 Å². The molecule has 2 aromatic rings. The molecule has 1 fully saturated rings. The van der Waals surface area contributed by atoms with Crippen LogP contribution in [-0.2, 0) is 12.6 Å². The van der Waals surface area contributed by atoms with E-state index in [2.05, 4.69) is 10.2 Å². The number of halogens is 4. The molecule has 19 heavy (non-hydrogen) atoms. The van der Waals surface area contributed by atoms with Crippen LogP contribution in [-0.4, -0.2) is 14.6 Å². The van der Waals surface area contributed by atoms with E-state index in [1.807, 2.05) is 0 Å². The third kappa shape index (κ3) is 3.18. The van der Waals surface area contributed by atoms with Crippen molar-refractivity contribution in [2.45, 2.75) is 38.8 Å². The van der Waals surface area contributed by atoms with Gasteiger partial charge in [0.25, 0.3) is 0 Å². The van der Waals surface area contributed by atoms with Crippen LogP contribution < -0.4 is 0 Å². The van der Waals surface area contributed by atoms with Gasteiger partial charge < -0.3 is 0 Å². The number of fused-ring (bicyclic) bond motifs is 1. The molecule has 3 rings (SSSR count). The quantitative estimate of drug-likeness (QED) is 0.790. The van der Waals surface area contributed by atoms with Crippen LogP contribution in [0.15, 0.2) is 12.3 Å². The molecule has 0 spiro atoms. The third-order valence-corrected chi connectivity index (χ3v) is 2.87. The molecule has 0 amide bonds. The Morgan fingerprint density at radius 2 is 1.89 bits per heavy atom. The minimum Gasteiger partial charge on any atom is -0.286 e. The fourth-order valence-corrected chi connectivity index (χ4v) is 1.73. The summed E-state index contributed by atoms with van der Waals surface area (Å²) < 4.78 is 39.5. The van der Waals surface area contributed by atoms with Crippen molar-refractivity contribution in [2.24, 2.45) is 0 Å². The first-order valence-corrected chi connectivity index (χ1v) is 6.42. The van der Waals surface area contributed by atoms with Crippen molar-refractivity contribution in [1.29, 1.82) is 0 Å². The van der Waals surface area contributed by atoms with Crippen LogP contribution in [0.2, 0.25) is 5.02 Å². The molecular weight excluding hydrogens is 279 g/mol. The molecule has 0 aliphatic heterocycles. The standard InChI is InChI=1S/C9H7ClF3N3.C3H6/c1-2-6-14-15-8-7(9(11,12)13)5(10)3-4-16(6)8;1-2-3-1/h3-4H,2H2,1H3;1-3H2. The first-order chi connectivity index (χ1) is 8.95. The molecule has 0 bridgehead atoms. The summed E-state index contributed by atoms with van der Waals surface area (Å²) in [5.74, 6) is 0.470. The lowest BCUT2D eigenvalue weighted by atomic mass is 10.2. The lowest BCUT2D eigenvalue weighted by Crippen LogP contribution is -2.09. The maximum atomic E-state index is 12.7. The smallest absolute Gasteiger partial charge is 0.286 e. The van der Waals surface area contributed by atoms with E-state index in [-0.39, 0.29) is 10.7 Å². The van der Waals surface area contributed by atoms with Crippen LogP contribution in [0.5, 0.6) is 0 Å². The normalized spacial score (nSPS) is 14.2. The first kappa shape index (κ1) is 14.1. The molecule has 7 heteroatoms. The molecule has 104 valence electrons. The number of alkyl halides is 3. The van der Waals surface area contributed by atoms with Gasteiger partial charge in [-0.2, -0.15) is 13.2 Å². The van der Waals surface area contributed by atoms with E-state index < -0.39 is 11.7 Å². The highest BCUT2D eigenvalue weighted by molar-refractivity contribution is 6.31. The average Bonchev–Trinajstić information content (AvgIpc) is 3.14. The Labute approximate surface area is 113 Å². The maximum Gasteiger partial charge on any atom is 0.421 e. The highest BCUT2D eigenvalue weighted by Crippen LogP contribution is 2.36. The van der Waals surface area contributed by atoms with E-state index in [4.69, 9.17) is 11.6 Å². The molecule has 0 unspecified atom stereocenters. The van der Waals surface area contributed by atoms with Gasteiger partial charge >= 0.3 is 6.18 Å². The molecule has 0 radical (unpaired) electrons. The van der Waals surface area contributed by atoms with Crippen molar-refractivity contribution in [3.05, 3.63) is 28.7 Å². The Balaban J connectivity index is 0.000000390. The third-order valence-electron chi connectivity index (χ3n) is 2.55. The molecule has 0 atom stereocenters. The summed E-state index contributed by atoms with van der Waals surface area (Å²) in [6.45, 7) is 1.79. The van der Waals surface area contributed by atoms with E-state index in [0.717, 1.165) is 0 Å². The monoisotopic (exact) mass is 291 g/mol. The Morgan fingerprint density at radius 3 is 2.37 bits per heavy atom. The van der Waals surface area contributed by atoms with Crippen molar-refractivity contribution >= 4 is 17.2 Å². The van der Waals surface area contributed by atoms with Gasteiger partial charge in [0.05, 0.1) is 5.02 Å². The Bertz CT molecular complexity index is 573. The van der Waals surface area contributed by atoms with Crippen LogP contribution in [0.1, 0.15) is 37.6 Å². The lowest BCUT2D eigenvalue weighted by molar-refractivity contribution is -0.136. The van der Waals surface area contributed by atoms with Crippen molar-refractivity contribution in [1.82, 2.24) is 14.6 Å². The molecule has 1 aliphatic carbocycles. The summed E-state index contributed by atoms with van der Waals surface area (Å²) in [6, 6.07) is 1.19. The van der Waals surface area contributed by atoms with Crippen LogP contribution >= 0.6 is 11.6 Å². The van der Waals surface area contributed by atoms with Crippen LogP contribution in [0.3, 0.4) is 0 Å². The summed E-state index contributed by atoms with van der Waals surface area (Å²) in [6.07, 6.45) is 1.91. The predicted octanol–water partition coefficient (Wildman–Crippen LogP) is 4.13. The van der Waals surface area contributed by atoms with E-state index in [1.54, 1.807) is 6.92 Å². The van der Waals surface area contributed by atoms with E-state index in [0.29, 0.717) is 12.2 Å². The van der Waals surface area contributed by atoms with Crippen LogP contribution in [0.25, 0.3) is 5.65 Å². The molecule has 1 saturated carbocycles. The SMILES string of the molecule is C1CC1.CCc1nnc2c(C(F)(F)F)c(Cl)ccn12. The number of nitrogens with zero attached hydrogens (tertiary/aromatic N) is 3. The largest absolute Gasteiger partial charge is 0.421 e. The van der Waals surface area contributed by atoms with Gasteiger partial charge in [0.2, 0.25) is 0 Å². The zero-order valence-electron chi connectivity index (χ0n) is 10.3. The summed E-state index contributed by atoms with van der Waals surface area (Å²) >= 11 is 5.54. The van der Waals surface area contributed by atoms with E-state index >= 15 is 0 Å². The number of pyridine rings is 1. The lowest BCUT2D eigenvalue weighted by Gasteiger charge is -2.09. The molecule has 3 nitrogen and oxygen atoms in total.